The third kappa shape index (κ3) is 4.84. The highest BCUT2D eigenvalue weighted by molar-refractivity contribution is 5.38. The summed E-state index contributed by atoms with van der Waals surface area (Å²) in [6, 6.07) is 0.413. The monoisotopic (exact) mass is 292 g/mol. The minimum Gasteiger partial charge on any atom is -0.477 e. The van der Waals surface area contributed by atoms with E-state index in [-0.39, 0.29) is 0 Å². The quantitative estimate of drug-likeness (QED) is 0.836. The predicted octanol–water partition coefficient (Wildman–Crippen LogP) is 2.48. The second-order valence-corrected chi connectivity index (χ2v) is 6.00. The van der Waals surface area contributed by atoms with Crippen LogP contribution in [0.25, 0.3) is 0 Å². The molecule has 1 aliphatic rings. The lowest BCUT2D eigenvalue weighted by atomic mass is 9.97. The molecule has 2 rings (SSSR count). The van der Waals surface area contributed by atoms with Crippen molar-refractivity contribution in [1.82, 2.24) is 15.3 Å². The fourth-order valence-electron chi connectivity index (χ4n) is 2.66. The Morgan fingerprint density at radius 3 is 2.76 bits per heavy atom. The molecule has 0 aromatic carbocycles. The fraction of sp³-hybridized carbons (Fsp3) is 0.750. The average Bonchev–Trinajstić information content (AvgIpc) is 2.51. The Morgan fingerprint density at radius 1 is 1.33 bits per heavy atom. The van der Waals surface area contributed by atoms with E-state index in [9.17, 15) is 0 Å². The molecule has 1 N–H and O–H groups in total. The molecule has 0 aliphatic carbocycles. The van der Waals surface area contributed by atoms with Crippen LogP contribution in [0.5, 0.6) is 5.88 Å². The minimum atomic E-state index is 0.413. The number of nitrogens with one attached hydrogen (secondary N) is 1. The highest BCUT2D eigenvalue weighted by atomic mass is 16.5. The van der Waals surface area contributed by atoms with Crippen molar-refractivity contribution in [3.05, 3.63) is 12.4 Å². The highest BCUT2D eigenvalue weighted by Gasteiger charge is 2.20. The molecule has 0 atom stereocenters. The smallest absolute Gasteiger partial charge is 0.234 e. The standard InChI is InChI=1S/C16H28N4O/c1-4-9-21-16-11-18-10-15(19-16)20(13(2)3)12-14-5-7-17-8-6-14/h10-11,13-14,17H,4-9,12H2,1-3H3. The Morgan fingerprint density at radius 2 is 2.10 bits per heavy atom. The van der Waals surface area contributed by atoms with Gasteiger partial charge < -0.3 is 15.0 Å². The van der Waals surface area contributed by atoms with E-state index in [2.05, 4.69) is 41.0 Å². The number of hydrogen-bond acceptors (Lipinski definition) is 5. The molecule has 1 saturated heterocycles. The Bertz CT molecular complexity index is 418. The summed E-state index contributed by atoms with van der Waals surface area (Å²) in [6.07, 6.45) is 7.00. The number of ether oxygens (including phenoxy) is 1. The lowest BCUT2D eigenvalue weighted by molar-refractivity contribution is 0.303. The Labute approximate surface area is 128 Å². The molecule has 2 heterocycles. The molecule has 0 unspecified atom stereocenters. The van der Waals surface area contributed by atoms with Gasteiger partial charge in [0.15, 0.2) is 5.82 Å². The van der Waals surface area contributed by atoms with Crippen LogP contribution in [0.15, 0.2) is 12.4 Å². The van der Waals surface area contributed by atoms with Gasteiger partial charge in [-0.05, 0) is 52.1 Å². The Hall–Kier alpha value is -1.36. The Kier molecular flexibility index (Phi) is 6.23. The summed E-state index contributed by atoms with van der Waals surface area (Å²) in [7, 11) is 0. The molecule has 1 aliphatic heterocycles. The number of anilines is 1. The molecule has 118 valence electrons. The van der Waals surface area contributed by atoms with Crippen LogP contribution < -0.4 is 15.0 Å². The van der Waals surface area contributed by atoms with E-state index in [0.29, 0.717) is 18.5 Å². The lowest BCUT2D eigenvalue weighted by Gasteiger charge is -2.33. The van der Waals surface area contributed by atoms with Crippen molar-refractivity contribution in [1.29, 1.82) is 0 Å². The van der Waals surface area contributed by atoms with Gasteiger partial charge in [0.1, 0.15) is 0 Å². The molecule has 5 heteroatoms. The number of aromatic nitrogens is 2. The summed E-state index contributed by atoms with van der Waals surface area (Å²) < 4.78 is 5.61. The van der Waals surface area contributed by atoms with Crippen LogP contribution in [0.3, 0.4) is 0 Å². The number of hydrogen-bond donors (Lipinski definition) is 1. The summed E-state index contributed by atoms with van der Waals surface area (Å²) in [5.41, 5.74) is 0. The number of rotatable bonds is 7. The molecule has 1 fully saturated rings. The zero-order valence-corrected chi connectivity index (χ0v) is 13.5. The third-order valence-corrected chi connectivity index (χ3v) is 3.89. The van der Waals surface area contributed by atoms with Gasteiger partial charge in [-0.25, -0.2) is 0 Å². The van der Waals surface area contributed by atoms with Crippen molar-refractivity contribution in [2.45, 2.75) is 46.1 Å². The van der Waals surface area contributed by atoms with Gasteiger partial charge >= 0.3 is 0 Å². The third-order valence-electron chi connectivity index (χ3n) is 3.89. The second kappa shape index (κ2) is 8.17. The summed E-state index contributed by atoms with van der Waals surface area (Å²) in [4.78, 5) is 11.3. The van der Waals surface area contributed by atoms with Gasteiger partial charge in [-0.3, -0.25) is 4.98 Å². The van der Waals surface area contributed by atoms with Crippen molar-refractivity contribution in [3.8, 4) is 5.88 Å². The first-order chi connectivity index (χ1) is 10.2. The van der Waals surface area contributed by atoms with Gasteiger partial charge in [0.25, 0.3) is 0 Å². The zero-order chi connectivity index (χ0) is 15.1. The van der Waals surface area contributed by atoms with E-state index in [1.807, 2.05) is 6.20 Å². The minimum absolute atomic E-state index is 0.413. The fourth-order valence-corrected chi connectivity index (χ4v) is 2.66. The van der Waals surface area contributed by atoms with Gasteiger partial charge in [-0.1, -0.05) is 6.92 Å². The van der Waals surface area contributed by atoms with E-state index in [0.717, 1.165) is 37.8 Å². The van der Waals surface area contributed by atoms with Crippen molar-refractivity contribution < 1.29 is 4.74 Å². The maximum Gasteiger partial charge on any atom is 0.234 e. The van der Waals surface area contributed by atoms with Crippen molar-refractivity contribution >= 4 is 5.82 Å². The average molecular weight is 292 g/mol. The van der Waals surface area contributed by atoms with Crippen LogP contribution in [-0.2, 0) is 0 Å². The molecule has 21 heavy (non-hydrogen) atoms. The summed E-state index contributed by atoms with van der Waals surface area (Å²) >= 11 is 0. The molecular formula is C16H28N4O. The summed E-state index contributed by atoms with van der Waals surface area (Å²) in [5.74, 6) is 2.29. The SMILES string of the molecule is CCCOc1cncc(N(CC2CCNCC2)C(C)C)n1. The Balaban J connectivity index is 2.05. The van der Waals surface area contributed by atoms with E-state index < -0.39 is 0 Å². The number of nitrogens with zero attached hydrogens (tertiary/aromatic N) is 3. The van der Waals surface area contributed by atoms with Gasteiger partial charge in [-0.2, -0.15) is 4.98 Å². The summed E-state index contributed by atoms with van der Waals surface area (Å²) in [5, 5.41) is 3.42. The van der Waals surface area contributed by atoms with Gasteiger partial charge in [-0.15, -0.1) is 0 Å². The molecule has 1 aromatic rings. The van der Waals surface area contributed by atoms with Crippen molar-refractivity contribution in [2.24, 2.45) is 5.92 Å². The van der Waals surface area contributed by atoms with Crippen LogP contribution in [-0.4, -0.2) is 42.3 Å². The van der Waals surface area contributed by atoms with Gasteiger partial charge in [0.2, 0.25) is 5.88 Å². The molecule has 0 bridgehead atoms. The van der Waals surface area contributed by atoms with E-state index >= 15 is 0 Å². The van der Waals surface area contributed by atoms with E-state index in [1.165, 1.54) is 12.8 Å². The molecule has 5 nitrogen and oxygen atoms in total. The first-order valence-electron chi connectivity index (χ1n) is 8.13. The van der Waals surface area contributed by atoms with E-state index in [4.69, 9.17) is 4.74 Å². The highest BCUT2D eigenvalue weighted by Crippen LogP contribution is 2.21. The molecule has 0 saturated carbocycles. The molecule has 0 radical (unpaired) electrons. The second-order valence-electron chi connectivity index (χ2n) is 6.00. The van der Waals surface area contributed by atoms with Crippen LogP contribution in [0, 0.1) is 5.92 Å². The van der Waals surface area contributed by atoms with Crippen molar-refractivity contribution in [2.75, 3.05) is 31.1 Å². The number of piperidine rings is 1. The maximum atomic E-state index is 5.61. The first kappa shape index (κ1) is 16.0. The maximum absolute atomic E-state index is 5.61. The molecular weight excluding hydrogens is 264 g/mol. The van der Waals surface area contributed by atoms with Crippen LogP contribution in [0.2, 0.25) is 0 Å². The molecule has 0 spiro atoms. The zero-order valence-electron chi connectivity index (χ0n) is 13.5. The van der Waals surface area contributed by atoms with E-state index in [1.54, 1.807) is 6.20 Å². The summed E-state index contributed by atoms with van der Waals surface area (Å²) in [6.45, 7) is 10.5. The van der Waals surface area contributed by atoms with Crippen LogP contribution in [0.4, 0.5) is 5.82 Å². The largest absolute Gasteiger partial charge is 0.477 e. The predicted molar refractivity (Wildman–Crippen MR) is 85.9 cm³/mol. The normalized spacial score (nSPS) is 16.2. The van der Waals surface area contributed by atoms with Gasteiger partial charge in [0.05, 0.1) is 19.0 Å². The topological polar surface area (TPSA) is 50.3 Å². The molecule has 1 aromatic heterocycles. The first-order valence-corrected chi connectivity index (χ1v) is 8.13. The van der Waals surface area contributed by atoms with Crippen LogP contribution in [0.1, 0.15) is 40.0 Å². The lowest BCUT2D eigenvalue weighted by Crippen LogP contribution is -2.40. The molecule has 0 amide bonds. The van der Waals surface area contributed by atoms with Gasteiger partial charge in [0, 0.05) is 12.6 Å². The van der Waals surface area contributed by atoms with Crippen molar-refractivity contribution in [3.63, 3.8) is 0 Å². The van der Waals surface area contributed by atoms with Crippen LogP contribution >= 0.6 is 0 Å².